The lowest BCUT2D eigenvalue weighted by atomic mass is 10.1. The zero-order valence-corrected chi connectivity index (χ0v) is 21.3. The third kappa shape index (κ3) is 6.74. The number of hydrogen-bond donors (Lipinski definition) is 1. The molecule has 0 radical (unpaired) electrons. The molecule has 1 N–H and O–H groups in total. The van der Waals surface area contributed by atoms with Crippen molar-refractivity contribution in [3.63, 3.8) is 0 Å². The van der Waals surface area contributed by atoms with Gasteiger partial charge in [-0.15, -0.1) is 10.2 Å². The van der Waals surface area contributed by atoms with E-state index >= 15 is 0 Å². The van der Waals surface area contributed by atoms with Crippen LogP contribution < -0.4 is 19.7 Å². The molecule has 0 bridgehead atoms. The van der Waals surface area contributed by atoms with Crippen molar-refractivity contribution in [3.05, 3.63) is 30.3 Å². The van der Waals surface area contributed by atoms with Crippen LogP contribution in [0, 0.1) is 5.92 Å². The summed E-state index contributed by atoms with van der Waals surface area (Å²) < 4.78 is 10.7. The molecule has 1 aromatic carbocycles. The second-order valence-corrected chi connectivity index (χ2v) is 8.82. The summed E-state index contributed by atoms with van der Waals surface area (Å²) in [6.07, 6.45) is 0. The number of benzene rings is 1. The van der Waals surface area contributed by atoms with Crippen molar-refractivity contribution in [2.24, 2.45) is 5.92 Å². The van der Waals surface area contributed by atoms with Crippen molar-refractivity contribution in [3.8, 4) is 22.8 Å². The monoisotopic (exact) mass is 484 g/mol. The Morgan fingerprint density at radius 2 is 1.80 bits per heavy atom. The van der Waals surface area contributed by atoms with Gasteiger partial charge < -0.3 is 29.5 Å². The van der Waals surface area contributed by atoms with Gasteiger partial charge in [0.15, 0.2) is 5.82 Å². The number of nitrogens with one attached hydrogen (secondary N) is 1. The third-order valence-corrected chi connectivity index (χ3v) is 5.82. The topological polar surface area (TPSA) is 100 Å². The van der Waals surface area contributed by atoms with Crippen LogP contribution in [0.25, 0.3) is 11.3 Å². The van der Waals surface area contributed by atoms with Gasteiger partial charge in [0, 0.05) is 50.9 Å². The van der Waals surface area contributed by atoms with Crippen molar-refractivity contribution in [2.75, 3.05) is 64.9 Å². The van der Waals surface area contributed by atoms with E-state index in [1.807, 2.05) is 56.0 Å². The first-order valence-electron chi connectivity index (χ1n) is 12.0. The number of urea groups is 1. The van der Waals surface area contributed by atoms with E-state index in [0.717, 1.165) is 11.4 Å². The number of carbonyl (C=O) groups is 2. The fourth-order valence-electron chi connectivity index (χ4n) is 4.02. The Morgan fingerprint density at radius 3 is 2.37 bits per heavy atom. The number of aromatic nitrogens is 2. The van der Waals surface area contributed by atoms with E-state index in [-0.39, 0.29) is 24.4 Å². The van der Waals surface area contributed by atoms with Crippen LogP contribution in [-0.4, -0.2) is 92.0 Å². The SMILES string of the molecule is CCNC(=O)N(CC(=O)N1CCN(c2ccc(-c3ccc(OC)cc3OC)nn2)CC1)CC(C)C. The molecule has 0 unspecified atom stereocenters. The normalized spacial score (nSPS) is 13.5. The van der Waals surface area contributed by atoms with Crippen LogP contribution in [0.5, 0.6) is 11.5 Å². The zero-order chi connectivity index (χ0) is 25.4. The van der Waals surface area contributed by atoms with Gasteiger partial charge >= 0.3 is 6.03 Å². The van der Waals surface area contributed by atoms with Gasteiger partial charge in [0.25, 0.3) is 0 Å². The molecule has 190 valence electrons. The lowest BCUT2D eigenvalue weighted by Gasteiger charge is -2.36. The highest BCUT2D eigenvalue weighted by atomic mass is 16.5. The van der Waals surface area contributed by atoms with E-state index in [2.05, 4.69) is 20.4 Å². The number of nitrogens with zero attached hydrogens (tertiary/aromatic N) is 5. The van der Waals surface area contributed by atoms with Crippen LogP contribution in [0.2, 0.25) is 0 Å². The summed E-state index contributed by atoms with van der Waals surface area (Å²) in [6.45, 7) is 9.54. The van der Waals surface area contributed by atoms with Crippen molar-refractivity contribution in [1.82, 2.24) is 25.3 Å². The molecule has 1 fully saturated rings. The Hall–Kier alpha value is -3.56. The molecule has 1 aromatic heterocycles. The molecule has 3 rings (SSSR count). The van der Waals surface area contributed by atoms with Crippen molar-refractivity contribution in [1.29, 1.82) is 0 Å². The molecule has 1 aliphatic rings. The average Bonchev–Trinajstić information content (AvgIpc) is 2.88. The number of ether oxygens (including phenoxy) is 2. The molecule has 1 saturated heterocycles. The summed E-state index contributed by atoms with van der Waals surface area (Å²) in [4.78, 5) is 30.8. The molecule has 2 aromatic rings. The maximum Gasteiger partial charge on any atom is 0.317 e. The van der Waals surface area contributed by atoms with Crippen molar-refractivity contribution >= 4 is 17.8 Å². The average molecular weight is 485 g/mol. The summed E-state index contributed by atoms with van der Waals surface area (Å²) >= 11 is 0. The molecule has 1 aliphatic heterocycles. The molecule has 0 aliphatic carbocycles. The van der Waals surface area contributed by atoms with Crippen LogP contribution in [0.15, 0.2) is 30.3 Å². The van der Waals surface area contributed by atoms with E-state index in [0.29, 0.717) is 56.5 Å². The highest BCUT2D eigenvalue weighted by molar-refractivity contribution is 5.84. The Morgan fingerprint density at radius 1 is 1.06 bits per heavy atom. The second-order valence-electron chi connectivity index (χ2n) is 8.82. The third-order valence-electron chi connectivity index (χ3n) is 5.82. The highest BCUT2D eigenvalue weighted by Gasteiger charge is 2.25. The number of hydrogen-bond acceptors (Lipinski definition) is 7. The number of piperazine rings is 1. The number of carbonyl (C=O) groups excluding carboxylic acids is 2. The molecule has 3 amide bonds. The predicted molar refractivity (Wildman–Crippen MR) is 135 cm³/mol. The maximum atomic E-state index is 12.9. The van der Waals surface area contributed by atoms with E-state index in [1.165, 1.54) is 0 Å². The molecular formula is C25H36N6O4. The van der Waals surface area contributed by atoms with Gasteiger partial charge in [-0.3, -0.25) is 4.79 Å². The van der Waals surface area contributed by atoms with Crippen LogP contribution in [-0.2, 0) is 4.79 Å². The number of rotatable bonds is 9. The Balaban J connectivity index is 1.59. The first-order chi connectivity index (χ1) is 16.9. The zero-order valence-electron chi connectivity index (χ0n) is 21.3. The van der Waals surface area contributed by atoms with Gasteiger partial charge in [0.1, 0.15) is 18.0 Å². The van der Waals surface area contributed by atoms with Crippen LogP contribution in [0.3, 0.4) is 0 Å². The molecule has 0 atom stereocenters. The van der Waals surface area contributed by atoms with Crippen molar-refractivity contribution in [2.45, 2.75) is 20.8 Å². The largest absolute Gasteiger partial charge is 0.497 e. The van der Waals surface area contributed by atoms with Gasteiger partial charge in [-0.05, 0) is 37.1 Å². The summed E-state index contributed by atoms with van der Waals surface area (Å²) in [5.41, 5.74) is 1.54. The van der Waals surface area contributed by atoms with E-state index in [4.69, 9.17) is 9.47 Å². The molecule has 2 heterocycles. The predicted octanol–water partition coefficient (Wildman–Crippen LogP) is 2.50. The quantitative estimate of drug-likeness (QED) is 0.584. The van der Waals surface area contributed by atoms with Gasteiger partial charge in [0.05, 0.1) is 19.9 Å². The minimum Gasteiger partial charge on any atom is -0.497 e. The smallest absolute Gasteiger partial charge is 0.317 e. The summed E-state index contributed by atoms with van der Waals surface area (Å²) in [5.74, 6) is 2.38. The first-order valence-corrected chi connectivity index (χ1v) is 12.0. The summed E-state index contributed by atoms with van der Waals surface area (Å²) in [5, 5.41) is 11.6. The van der Waals surface area contributed by atoms with E-state index in [1.54, 1.807) is 19.1 Å². The summed E-state index contributed by atoms with van der Waals surface area (Å²) in [6, 6.07) is 9.22. The van der Waals surface area contributed by atoms with Crippen molar-refractivity contribution < 1.29 is 19.1 Å². The highest BCUT2D eigenvalue weighted by Crippen LogP contribution is 2.32. The molecule has 10 nitrogen and oxygen atoms in total. The van der Waals surface area contributed by atoms with E-state index in [9.17, 15) is 9.59 Å². The van der Waals surface area contributed by atoms with Gasteiger partial charge in [-0.1, -0.05) is 13.8 Å². The first kappa shape index (κ1) is 26.1. The minimum atomic E-state index is -0.197. The minimum absolute atomic E-state index is 0.0374. The molecular weight excluding hydrogens is 448 g/mol. The number of methoxy groups -OCH3 is 2. The lowest BCUT2D eigenvalue weighted by Crippen LogP contribution is -2.53. The van der Waals surface area contributed by atoms with Gasteiger partial charge in [0.2, 0.25) is 5.91 Å². The molecule has 0 saturated carbocycles. The standard InChI is InChI=1S/C25H36N6O4/c1-6-26-25(33)31(16-18(2)3)17-24(32)30-13-11-29(12-14-30)23-10-9-21(27-28-23)20-8-7-19(34-4)15-22(20)35-5/h7-10,15,18H,6,11-14,16-17H2,1-5H3,(H,26,33). The molecule has 10 heteroatoms. The molecule has 35 heavy (non-hydrogen) atoms. The molecule has 0 spiro atoms. The van der Waals surface area contributed by atoms with Gasteiger partial charge in [-0.2, -0.15) is 0 Å². The Kier molecular flexibility index (Phi) is 9.11. The van der Waals surface area contributed by atoms with Crippen LogP contribution in [0.1, 0.15) is 20.8 Å². The second kappa shape index (κ2) is 12.2. The maximum absolute atomic E-state index is 12.9. The van der Waals surface area contributed by atoms with Crippen LogP contribution in [0.4, 0.5) is 10.6 Å². The van der Waals surface area contributed by atoms with Crippen LogP contribution >= 0.6 is 0 Å². The lowest BCUT2D eigenvalue weighted by molar-refractivity contribution is -0.132. The Bertz CT molecular complexity index is 990. The fourth-order valence-corrected chi connectivity index (χ4v) is 4.02. The number of anilines is 1. The number of amides is 3. The van der Waals surface area contributed by atoms with E-state index < -0.39 is 0 Å². The Labute approximate surface area is 207 Å². The summed E-state index contributed by atoms with van der Waals surface area (Å²) in [7, 11) is 3.22. The fraction of sp³-hybridized carbons (Fsp3) is 0.520. The van der Waals surface area contributed by atoms with Gasteiger partial charge in [-0.25, -0.2) is 4.79 Å².